The van der Waals surface area contributed by atoms with E-state index in [0.29, 0.717) is 5.82 Å². The number of aromatic nitrogens is 2. The molecule has 76 valence electrons. The Morgan fingerprint density at radius 1 is 1.47 bits per heavy atom. The van der Waals surface area contributed by atoms with Crippen LogP contribution in [0.3, 0.4) is 0 Å². The fourth-order valence-corrected chi connectivity index (χ4v) is 2.53. The molecule has 0 aliphatic carbocycles. The van der Waals surface area contributed by atoms with Crippen LogP contribution in [0.4, 0.5) is 0 Å². The summed E-state index contributed by atoms with van der Waals surface area (Å²) in [7, 11) is 0. The highest BCUT2D eigenvalue weighted by Crippen LogP contribution is 2.30. The zero-order valence-corrected chi connectivity index (χ0v) is 9.75. The zero-order valence-electron chi connectivity index (χ0n) is 7.35. The van der Waals surface area contributed by atoms with Gasteiger partial charge in [-0.05, 0) is 33.4 Å². The Balaban J connectivity index is 2.50. The van der Waals surface area contributed by atoms with Gasteiger partial charge in [-0.25, -0.2) is 14.8 Å². The number of hydrogen-bond donors (Lipinski definition) is 1. The number of rotatable bonds is 2. The van der Waals surface area contributed by atoms with Crippen LogP contribution in [0.5, 0.6) is 0 Å². The lowest BCUT2D eigenvalue weighted by Crippen LogP contribution is -2.01. The molecule has 0 radical (unpaired) electrons. The fourth-order valence-electron chi connectivity index (χ4n) is 1.04. The van der Waals surface area contributed by atoms with Crippen LogP contribution in [-0.4, -0.2) is 21.0 Å². The van der Waals surface area contributed by atoms with Gasteiger partial charge in [0.15, 0.2) is 11.5 Å². The molecule has 2 heterocycles. The second-order valence-electron chi connectivity index (χ2n) is 2.67. The smallest absolute Gasteiger partial charge is 0.354 e. The molecular weight excluding hydrogens is 280 g/mol. The minimum absolute atomic E-state index is 0.000278. The lowest BCUT2D eigenvalue weighted by atomic mass is 10.4. The van der Waals surface area contributed by atoms with Gasteiger partial charge in [0.2, 0.25) is 0 Å². The van der Waals surface area contributed by atoms with Gasteiger partial charge in [-0.1, -0.05) is 0 Å². The summed E-state index contributed by atoms with van der Waals surface area (Å²) >= 11 is 4.81. The molecule has 0 aromatic carbocycles. The number of carboxylic acids is 1. The molecular formula is C9H5BrN2O2S. The molecule has 0 saturated heterocycles. The third-order valence-electron chi connectivity index (χ3n) is 1.69. The van der Waals surface area contributed by atoms with Gasteiger partial charge in [-0.2, -0.15) is 0 Å². The molecule has 0 fully saturated rings. The molecule has 0 amide bonds. The average molecular weight is 285 g/mol. The van der Waals surface area contributed by atoms with Crippen molar-refractivity contribution in [2.24, 2.45) is 0 Å². The van der Waals surface area contributed by atoms with E-state index < -0.39 is 5.97 Å². The lowest BCUT2D eigenvalue weighted by molar-refractivity contribution is 0.0690. The number of halogens is 1. The predicted octanol–water partition coefficient (Wildman–Crippen LogP) is 2.67. The first-order chi connectivity index (χ1) is 7.18. The molecule has 6 heteroatoms. The van der Waals surface area contributed by atoms with E-state index in [1.54, 1.807) is 0 Å². The minimum Gasteiger partial charge on any atom is -0.477 e. The Bertz CT molecular complexity index is 512. The minimum atomic E-state index is -1.05. The van der Waals surface area contributed by atoms with Gasteiger partial charge in [0.05, 0.1) is 4.88 Å². The van der Waals surface area contributed by atoms with Crippen molar-refractivity contribution in [1.82, 2.24) is 9.97 Å². The largest absolute Gasteiger partial charge is 0.477 e. The van der Waals surface area contributed by atoms with Crippen LogP contribution in [0.25, 0.3) is 10.7 Å². The summed E-state index contributed by atoms with van der Waals surface area (Å²) in [5.74, 6) is -0.622. The molecule has 15 heavy (non-hydrogen) atoms. The van der Waals surface area contributed by atoms with Crippen LogP contribution in [0, 0.1) is 0 Å². The van der Waals surface area contributed by atoms with Gasteiger partial charge in [-0.3, -0.25) is 0 Å². The molecule has 0 unspecified atom stereocenters. The normalized spacial score (nSPS) is 10.2. The summed E-state index contributed by atoms with van der Waals surface area (Å²) < 4.78 is 0.870. The van der Waals surface area contributed by atoms with Gasteiger partial charge < -0.3 is 5.11 Å². The van der Waals surface area contributed by atoms with Crippen molar-refractivity contribution in [3.05, 3.63) is 33.9 Å². The number of carboxylic acid groups (broad SMARTS) is 1. The molecule has 2 rings (SSSR count). The van der Waals surface area contributed by atoms with E-state index >= 15 is 0 Å². The first-order valence-electron chi connectivity index (χ1n) is 3.98. The van der Waals surface area contributed by atoms with E-state index in [-0.39, 0.29) is 5.69 Å². The Kier molecular flexibility index (Phi) is 2.79. The van der Waals surface area contributed by atoms with Crippen molar-refractivity contribution in [1.29, 1.82) is 0 Å². The molecule has 2 aromatic heterocycles. The Labute approximate surface area is 97.8 Å². The molecule has 0 aliphatic heterocycles. The monoisotopic (exact) mass is 284 g/mol. The van der Waals surface area contributed by atoms with Crippen LogP contribution in [-0.2, 0) is 0 Å². The first-order valence-corrected chi connectivity index (χ1v) is 5.65. The summed E-state index contributed by atoms with van der Waals surface area (Å²) in [5.41, 5.74) is 0.000278. The van der Waals surface area contributed by atoms with E-state index in [4.69, 9.17) is 5.11 Å². The number of aromatic carboxylic acids is 1. The Morgan fingerprint density at radius 2 is 2.27 bits per heavy atom. The third-order valence-corrected chi connectivity index (χ3v) is 3.53. The van der Waals surface area contributed by atoms with E-state index in [9.17, 15) is 4.79 Å². The summed E-state index contributed by atoms with van der Waals surface area (Å²) in [5, 5.41) is 10.7. The standard InChI is InChI=1S/C9H5BrN2O2S/c10-5-2-4-15-7(5)8-11-3-1-6(12-8)9(13)14/h1-4H,(H,13,14). The molecule has 0 saturated carbocycles. The number of thiophene rings is 1. The van der Waals surface area contributed by atoms with Crippen LogP contribution in [0.1, 0.15) is 10.5 Å². The van der Waals surface area contributed by atoms with Crippen molar-refractivity contribution in [3.63, 3.8) is 0 Å². The highest BCUT2D eigenvalue weighted by atomic mass is 79.9. The quantitative estimate of drug-likeness (QED) is 0.921. The maximum absolute atomic E-state index is 10.7. The van der Waals surface area contributed by atoms with Gasteiger partial charge in [0.25, 0.3) is 0 Å². The van der Waals surface area contributed by atoms with E-state index in [1.165, 1.54) is 23.6 Å². The van der Waals surface area contributed by atoms with Gasteiger partial charge >= 0.3 is 5.97 Å². The number of hydrogen-bond acceptors (Lipinski definition) is 4. The molecule has 0 atom stereocenters. The summed E-state index contributed by atoms with van der Waals surface area (Å²) in [4.78, 5) is 19.5. The second-order valence-corrected chi connectivity index (χ2v) is 4.44. The highest BCUT2D eigenvalue weighted by molar-refractivity contribution is 9.10. The average Bonchev–Trinajstić information content (AvgIpc) is 2.64. The zero-order chi connectivity index (χ0) is 10.8. The topological polar surface area (TPSA) is 63.1 Å². The van der Waals surface area contributed by atoms with Gasteiger partial charge in [-0.15, -0.1) is 11.3 Å². The fraction of sp³-hybridized carbons (Fsp3) is 0. The second kappa shape index (κ2) is 4.08. The molecule has 1 N–H and O–H groups in total. The third kappa shape index (κ3) is 2.05. The van der Waals surface area contributed by atoms with E-state index in [0.717, 1.165) is 9.35 Å². The maximum Gasteiger partial charge on any atom is 0.354 e. The van der Waals surface area contributed by atoms with Gasteiger partial charge in [0.1, 0.15) is 0 Å². The maximum atomic E-state index is 10.7. The Hall–Kier alpha value is -1.27. The number of carbonyl (C=O) groups is 1. The van der Waals surface area contributed by atoms with Crippen molar-refractivity contribution in [2.45, 2.75) is 0 Å². The van der Waals surface area contributed by atoms with Crippen LogP contribution < -0.4 is 0 Å². The molecule has 0 bridgehead atoms. The molecule has 2 aromatic rings. The highest BCUT2D eigenvalue weighted by Gasteiger charge is 2.11. The number of nitrogens with zero attached hydrogens (tertiary/aromatic N) is 2. The molecule has 0 aliphatic rings. The van der Waals surface area contributed by atoms with Crippen LogP contribution in [0.2, 0.25) is 0 Å². The van der Waals surface area contributed by atoms with Gasteiger partial charge in [0, 0.05) is 10.7 Å². The van der Waals surface area contributed by atoms with E-state index in [1.807, 2.05) is 11.4 Å². The first kappa shape index (κ1) is 10.3. The molecule has 4 nitrogen and oxygen atoms in total. The van der Waals surface area contributed by atoms with Crippen molar-refractivity contribution in [3.8, 4) is 10.7 Å². The SMILES string of the molecule is O=C(O)c1ccnc(-c2sccc2Br)n1. The van der Waals surface area contributed by atoms with E-state index in [2.05, 4.69) is 25.9 Å². The molecule has 0 spiro atoms. The van der Waals surface area contributed by atoms with Crippen molar-refractivity contribution >= 4 is 33.2 Å². The summed E-state index contributed by atoms with van der Waals surface area (Å²) in [6.45, 7) is 0. The van der Waals surface area contributed by atoms with Crippen molar-refractivity contribution < 1.29 is 9.90 Å². The summed E-state index contributed by atoms with van der Waals surface area (Å²) in [6.07, 6.45) is 1.44. The van der Waals surface area contributed by atoms with Crippen LogP contribution >= 0.6 is 27.3 Å². The lowest BCUT2D eigenvalue weighted by Gasteiger charge is -1.98. The Morgan fingerprint density at radius 3 is 2.87 bits per heavy atom. The predicted molar refractivity (Wildman–Crippen MR) is 60.0 cm³/mol. The van der Waals surface area contributed by atoms with Crippen molar-refractivity contribution in [2.75, 3.05) is 0 Å². The summed E-state index contributed by atoms with van der Waals surface area (Å²) in [6, 6.07) is 3.24. The van der Waals surface area contributed by atoms with Crippen LogP contribution in [0.15, 0.2) is 28.2 Å².